The fourth-order valence-electron chi connectivity index (χ4n) is 5.44. The van der Waals surface area contributed by atoms with Gasteiger partial charge in [-0.25, -0.2) is 0 Å². The van der Waals surface area contributed by atoms with Crippen LogP contribution in [0.2, 0.25) is 0 Å². The Balaban J connectivity index is 1.18. The zero-order chi connectivity index (χ0) is 31.2. The lowest BCUT2D eigenvalue weighted by molar-refractivity contribution is -0.268. The van der Waals surface area contributed by atoms with Crippen LogP contribution in [0, 0.1) is 5.92 Å². The van der Waals surface area contributed by atoms with Gasteiger partial charge in [0.2, 0.25) is 0 Å². The maximum Gasteiger partial charge on any atom is 0.251 e. The molecule has 45 heavy (non-hydrogen) atoms. The first-order valence-corrected chi connectivity index (χ1v) is 16.0. The predicted molar refractivity (Wildman–Crippen MR) is 174 cm³/mol. The highest BCUT2D eigenvalue weighted by Gasteiger charge is 2.38. The zero-order valence-corrected chi connectivity index (χ0v) is 26.1. The average molecular weight is 621 g/mol. The summed E-state index contributed by atoms with van der Waals surface area (Å²) in [6.07, 6.45) is 0.852. The van der Waals surface area contributed by atoms with E-state index in [4.69, 9.17) is 9.47 Å². The molecular weight excluding hydrogens is 584 g/mol. The molecule has 230 valence electrons. The quantitative estimate of drug-likeness (QED) is 0.172. The summed E-state index contributed by atoms with van der Waals surface area (Å²) in [5, 5.41) is 21.6. The van der Waals surface area contributed by atoms with Gasteiger partial charge in [0.1, 0.15) is 6.33 Å². The van der Waals surface area contributed by atoms with E-state index in [2.05, 4.69) is 58.8 Å². The van der Waals surface area contributed by atoms with Crippen LogP contribution in [0.15, 0.2) is 115 Å². The van der Waals surface area contributed by atoms with E-state index in [1.807, 2.05) is 78.3 Å². The highest BCUT2D eigenvalue weighted by atomic mass is 32.2. The summed E-state index contributed by atoms with van der Waals surface area (Å²) in [6, 6.07) is 33.6. The van der Waals surface area contributed by atoms with Crippen LogP contribution in [0.4, 0.5) is 0 Å². The highest BCUT2D eigenvalue weighted by Crippen LogP contribution is 2.43. The van der Waals surface area contributed by atoms with Crippen molar-refractivity contribution in [2.24, 2.45) is 13.0 Å². The van der Waals surface area contributed by atoms with Crippen LogP contribution in [-0.4, -0.2) is 37.6 Å². The fraction of sp³-hybridized carbons (Fsp3) is 0.250. The van der Waals surface area contributed by atoms with E-state index in [0.717, 1.165) is 38.5 Å². The van der Waals surface area contributed by atoms with Crippen LogP contribution in [0.5, 0.6) is 0 Å². The number of hydrogen-bond acceptors (Lipinski definition) is 7. The minimum Gasteiger partial charge on any atom is -0.392 e. The van der Waals surface area contributed by atoms with Crippen molar-refractivity contribution in [1.82, 2.24) is 20.1 Å². The summed E-state index contributed by atoms with van der Waals surface area (Å²) >= 11 is 1.62. The Labute approximate surface area is 267 Å². The molecule has 0 bridgehead atoms. The first kappa shape index (κ1) is 30.7. The van der Waals surface area contributed by atoms with Gasteiger partial charge in [-0.1, -0.05) is 104 Å². The van der Waals surface area contributed by atoms with Crippen LogP contribution < -0.4 is 5.32 Å². The molecule has 4 atom stereocenters. The minimum absolute atomic E-state index is 0.00163. The summed E-state index contributed by atoms with van der Waals surface area (Å²) in [4.78, 5) is 12.5. The average Bonchev–Trinajstić information content (AvgIpc) is 3.51. The highest BCUT2D eigenvalue weighted by molar-refractivity contribution is 7.99. The number of benzene rings is 4. The van der Waals surface area contributed by atoms with E-state index in [0.29, 0.717) is 17.9 Å². The largest absolute Gasteiger partial charge is 0.392 e. The van der Waals surface area contributed by atoms with Gasteiger partial charge in [0.25, 0.3) is 5.91 Å². The Morgan fingerprint density at radius 1 is 0.889 bits per heavy atom. The lowest BCUT2D eigenvalue weighted by atomic mass is 9.91. The molecule has 1 fully saturated rings. The van der Waals surface area contributed by atoms with Crippen LogP contribution in [0.25, 0.3) is 11.1 Å². The molecule has 1 saturated heterocycles. The molecule has 1 amide bonds. The molecule has 0 spiro atoms. The third-order valence-corrected chi connectivity index (χ3v) is 9.23. The topological polar surface area (TPSA) is 98.5 Å². The number of aliphatic hydroxyl groups excluding tert-OH is 1. The van der Waals surface area contributed by atoms with Crippen LogP contribution >= 0.6 is 11.8 Å². The number of carbonyl (C=O) groups is 1. The number of thioether (sulfide) groups is 1. The SMILES string of the molecule is C[C@H]1[C@@H](CSc2nncn2C)O[C@@H](c2ccc(-c3cccc(CNC(=O)c4ccccc4)c3)cc2)O[C@H]1c1ccc(CO)cc1. The van der Waals surface area contributed by atoms with Gasteiger partial charge in [-0.2, -0.15) is 0 Å². The van der Waals surface area contributed by atoms with Crippen LogP contribution in [0.1, 0.15) is 51.9 Å². The molecule has 1 aliphatic heterocycles. The number of nitrogens with zero attached hydrogens (tertiary/aromatic N) is 3. The van der Waals surface area contributed by atoms with Gasteiger partial charge in [-0.05, 0) is 46.0 Å². The molecule has 0 radical (unpaired) electrons. The van der Waals surface area contributed by atoms with E-state index >= 15 is 0 Å². The number of aliphatic hydroxyl groups is 1. The minimum atomic E-state index is -0.553. The van der Waals surface area contributed by atoms with Gasteiger partial charge in [0.05, 0.1) is 18.8 Å². The standard InChI is InChI=1S/C36H36N4O4S/c1-24-32(22-45-36-39-38-23-40(36)2)43-35(44-33(24)28-13-11-25(21-41)12-14-28)30-17-15-27(16-18-30)31-10-6-7-26(19-31)20-37-34(42)29-8-4-3-5-9-29/h3-19,23-24,32-33,35,41H,20-22H2,1-2H3,(H,37,42)/t24-,32+,33+,35+/m0/s1. The maximum absolute atomic E-state index is 12.5. The summed E-state index contributed by atoms with van der Waals surface area (Å²) in [5.41, 5.74) is 6.63. The predicted octanol–water partition coefficient (Wildman–Crippen LogP) is 6.49. The van der Waals surface area contributed by atoms with Crippen LogP contribution in [0.3, 0.4) is 0 Å². The smallest absolute Gasteiger partial charge is 0.251 e. The molecule has 1 aromatic heterocycles. The Kier molecular flexibility index (Phi) is 9.71. The lowest BCUT2D eigenvalue weighted by Gasteiger charge is -2.41. The summed E-state index contributed by atoms with van der Waals surface area (Å²) < 4.78 is 15.1. The van der Waals surface area contributed by atoms with Crippen molar-refractivity contribution in [3.05, 3.63) is 137 Å². The molecule has 1 aliphatic rings. The van der Waals surface area contributed by atoms with E-state index in [1.54, 1.807) is 18.1 Å². The third-order valence-electron chi connectivity index (χ3n) is 8.10. The molecule has 2 heterocycles. The Hall–Kier alpha value is -4.28. The number of nitrogens with one attached hydrogen (secondary N) is 1. The normalized spacial score (nSPS) is 19.7. The summed E-state index contributed by atoms with van der Waals surface area (Å²) in [6.45, 7) is 2.60. The van der Waals surface area contributed by atoms with Gasteiger partial charge in [0.15, 0.2) is 11.4 Å². The molecule has 0 saturated carbocycles. The van der Waals surface area contributed by atoms with Crippen molar-refractivity contribution in [3.8, 4) is 11.1 Å². The number of ether oxygens (including phenoxy) is 2. The lowest BCUT2D eigenvalue weighted by Crippen LogP contribution is -2.38. The van der Waals surface area contributed by atoms with Gasteiger partial charge in [0, 0.05) is 36.4 Å². The number of aryl methyl sites for hydroxylation is 1. The molecular formula is C36H36N4O4S. The van der Waals surface area contributed by atoms with E-state index < -0.39 is 6.29 Å². The monoisotopic (exact) mass is 620 g/mol. The second kappa shape index (κ2) is 14.2. The summed E-state index contributed by atoms with van der Waals surface area (Å²) in [7, 11) is 1.93. The van der Waals surface area contributed by atoms with E-state index in [-0.39, 0.29) is 30.6 Å². The number of hydrogen-bond donors (Lipinski definition) is 2. The Bertz CT molecular complexity index is 1710. The maximum atomic E-state index is 12.5. The van der Waals surface area contributed by atoms with E-state index in [9.17, 15) is 9.90 Å². The Morgan fingerprint density at radius 3 is 2.36 bits per heavy atom. The van der Waals surface area contributed by atoms with Crippen molar-refractivity contribution >= 4 is 17.7 Å². The van der Waals surface area contributed by atoms with Gasteiger partial charge in [-0.3, -0.25) is 4.79 Å². The van der Waals surface area contributed by atoms with Crippen molar-refractivity contribution in [2.45, 2.75) is 43.7 Å². The molecule has 9 heteroatoms. The molecule has 2 N–H and O–H groups in total. The van der Waals surface area contributed by atoms with Crippen molar-refractivity contribution in [1.29, 1.82) is 0 Å². The zero-order valence-electron chi connectivity index (χ0n) is 25.2. The van der Waals surface area contributed by atoms with Gasteiger partial charge >= 0.3 is 0 Å². The van der Waals surface area contributed by atoms with E-state index in [1.165, 1.54) is 0 Å². The number of carbonyl (C=O) groups excluding carboxylic acids is 1. The van der Waals surface area contributed by atoms with Crippen LogP contribution in [-0.2, 0) is 29.7 Å². The second-order valence-corrected chi connectivity index (χ2v) is 12.2. The van der Waals surface area contributed by atoms with Crippen molar-refractivity contribution in [3.63, 3.8) is 0 Å². The number of aromatic nitrogens is 3. The molecule has 5 aromatic rings. The second-order valence-electron chi connectivity index (χ2n) is 11.2. The molecule has 0 unspecified atom stereocenters. The summed E-state index contributed by atoms with van der Waals surface area (Å²) in [5.74, 6) is 0.680. The molecule has 0 aliphatic carbocycles. The van der Waals surface area contributed by atoms with Gasteiger partial charge in [-0.15, -0.1) is 10.2 Å². The third kappa shape index (κ3) is 7.34. The molecule has 8 nitrogen and oxygen atoms in total. The fourth-order valence-corrected chi connectivity index (χ4v) is 6.49. The van der Waals surface area contributed by atoms with Crippen molar-refractivity contribution in [2.75, 3.05) is 5.75 Å². The first-order chi connectivity index (χ1) is 22.0. The molecule has 6 rings (SSSR count). The first-order valence-electron chi connectivity index (χ1n) is 15.0. The number of amides is 1. The Morgan fingerprint density at radius 2 is 1.64 bits per heavy atom. The van der Waals surface area contributed by atoms with Gasteiger partial charge < -0.3 is 24.5 Å². The number of rotatable bonds is 10. The van der Waals surface area contributed by atoms with Crippen molar-refractivity contribution < 1.29 is 19.4 Å². The molecule has 4 aromatic carbocycles.